The van der Waals surface area contributed by atoms with E-state index >= 15 is 0 Å². The van der Waals surface area contributed by atoms with Crippen LogP contribution in [0.15, 0.2) is 30.5 Å². The topological polar surface area (TPSA) is 82.1 Å². The molecule has 1 aliphatic heterocycles. The first-order valence-electron chi connectivity index (χ1n) is 8.33. The van der Waals surface area contributed by atoms with Gasteiger partial charge in [0.1, 0.15) is 17.5 Å². The highest BCUT2D eigenvalue weighted by molar-refractivity contribution is 5.50. The van der Waals surface area contributed by atoms with Gasteiger partial charge in [-0.2, -0.15) is 10.2 Å². The highest BCUT2D eigenvalue weighted by Crippen LogP contribution is 2.26. The van der Waals surface area contributed by atoms with Gasteiger partial charge in [-0.3, -0.25) is 4.90 Å². The first kappa shape index (κ1) is 14.9. The molecule has 2 aromatic rings. The van der Waals surface area contributed by atoms with Crippen LogP contribution in [0.25, 0.3) is 0 Å². The fraction of sp³-hybridized carbons (Fsp3) is 0.389. The van der Waals surface area contributed by atoms with Crippen LogP contribution in [-0.2, 0) is 12.8 Å². The summed E-state index contributed by atoms with van der Waals surface area (Å²) in [6, 6.07) is 11.4. The second-order valence-electron chi connectivity index (χ2n) is 6.43. The smallest absolute Gasteiger partial charge is 0.227 e. The molecule has 1 aliphatic carbocycles. The molecular weight excluding hydrogens is 300 g/mol. The van der Waals surface area contributed by atoms with Crippen molar-refractivity contribution in [1.29, 1.82) is 5.26 Å². The number of nitrogens with zero attached hydrogens (tertiary/aromatic N) is 5. The Morgan fingerprint density at radius 1 is 1.08 bits per heavy atom. The molecular formula is C18H20N6. The van der Waals surface area contributed by atoms with Crippen molar-refractivity contribution in [1.82, 2.24) is 14.9 Å². The van der Waals surface area contributed by atoms with E-state index in [2.05, 4.69) is 44.0 Å². The van der Waals surface area contributed by atoms with Gasteiger partial charge in [-0.05, 0) is 24.0 Å². The number of nitriles is 1. The summed E-state index contributed by atoms with van der Waals surface area (Å²) in [5.41, 5.74) is 9.13. The van der Waals surface area contributed by atoms with Crippen LogP contribution in [0, 0.1) is 11.3 Å². The van der Waals surface area contributed by atoms with Crippen molar-refractivity contribution < 1.29 is 0 Å². The van der Waals surface area contributed by atoms with Crippen LogP contribution in [0.4, 0.5) is 11.8 Å². The van der Waals surface area contributed by atoms with E-state index in [4.69, 9.17) is 11.0 Å². The molecule has 24 heavy (non-hydrogen) atoms. The molecule has 0 saturated carbocycles. The highest BCUT2D eigenvalue weighted by atomic mass is 15.3. The first-order chi connectivity index (χ1) is 11.7. The number of anilines is 2. The molecule has 0 bridgehead atoms. The molecule has 2 aliphatic rings. The SMILES string of the molecule is N#Cc1cnc(N2CCN(C3Cc4ccccc4C3)CC2)nc1N. The summed E-state index contributed by atoms with van der Waals surface area (Å²) in [5, 5.41) is 8.92. The van der Waals surface area contributed by atoms with Crippen LogP contribution in [0.5, 0.6) is 0 Å². The number of rotatable bonds is 2. The van der Waals surface area contributed by atoms with Gasteiger partial charge in [-0.1, -0.05) is 24.3 Å². The number of fused-ring (bicyclic) bond motifs is 1. The molecule has 1 fully saturated rings. The summed E-state index contributed by atoms with van der Waals surface area (Å²) < 4.78 is 0. The minimum absolute atomic E-state index is 0.260. The Morgan fingerprint density at radius 3 is 2.33 bits per heavy atom. The van der Waals surface area contributed by atoms with E-state index in [0.717, 1.165) is 39.0 Å². The lowest BCUT2D eigenvalue weighted by Crippen LogP contribution is -2.51. The number of nitrogens with two attached hydrogens (primary N) is 1. The molecule has 0 radical (unpaired) electrons. The summed E-state index contributed by atoms with van der Waals surface area (Å²) in [6.07, 6.45) is 3.81. The normalized spacial score (nSPS) is 18.4. The summed E-state index contributed by atoms with van der Waals surface area (Å²) in [7, 11) is 0. The Bertz CT molecular complexity index is 763. The third kappa shape index (κ3) is 2.68. The highest BCUT2D eigenvalue weighted by Gasteiger charge is 2.29. The van der Waals surface area contributed by atoms with Gasteiger partial charge in [0.25, 0.3) is 0 Å². The van der Waals surface area contributed by atoms with E-state index in [-0.39, 0.29) is 5.82 Å². The van der Waals surface area contributed by atoms with Crippen molar-refractivity contribution in [3.63, 3.8) is 0 Å². The zero-order valence-corrected chi connectivity index (χ0v) is 13.5. The zero-order chi connectivity index (χ0) is 16.5. The number of nitrogen functional groups attached to an aromatic ring is 1. The molecule has 122 valence electrons. The maximum absolute atomic E-state index is 8.92. The molecule has 0 spiro atoms. The van der Waals surface area contributed by atoms with E-state index in [0.29, 0.717) is 17.6 Å². The quantitative estimate of drug-likeness (QED) is 0.896. The van der Waals surface area contributed by atoms with Gasteiger partial charge in [-0.25, -0.2) is 4.98 Å². The minimum atomic E-state index is 0.260. The molecule has 0 unspecified atom stereocenters. The van der Waals surface area contributed by atoms with Crippen LogP contribution in [0.1, 0.15) is 16.7 Å². The molecule has 1 aromatic carbocycles. The lowest BCUT2D eigenvalue weighted by atomic mass is 10.1. The maximum Gasteiger partial charge on any atom is 0.227 e. The van der Waals surface area contributed by atoms with Crippen molar-refractivity contribution in [2.45, 2.75) is 18.9 Å². The summed E-state index contributed by atoms with van der Waals surface area (Å²) in [4.78, 5) is 13.3. The molecule has 0 amide bonds. The molecule has 6 nitrogen and oxygen atoms in total. The first-order valence-corrected chi connectivity index (χ1v) is 8.33. The van der Waals surface area contributed by atoms with Crippen LogP contribution in [0.3, 0.4) is 0 Å². The lowest BCUT2D eigenvalue weighted by molar-refractivity contribution is 0.189. The lowest BCUT2D eigenvalue weighted by Gasteiger charge is -2.38. The van der Waals surface area contributed by atoms with Crippen molar-refractivity contribution >= 4 is 11.8 Å². The van der Waals surface area contributed by atoms with E-state index in [1.165, 1.54) is 17.3 Å². The molecule has 0 atom stereocenters. The fourth-order valence-corrected chi connectivity index (χ4v) is 3.70. The number of hydrogen-bond donors (Lipinski definition) is 1. The second kappa shape index (κ2) is 6.10. The fourth-order valence-electron chi connectivity index (χ4n) is 3.70. The van der Waals surface area contributed by atoms with Crippen LogP contribution < -0.4 is 10.6 Å². The summed E-state index contributed by atoms with van der Waals surface area (Å²) >= 11 is 0. The van der Waals surface area contributed by atoms with Crippen LogP contribution in [-0.4, -0.2) is 47.1 Å². The zero-order valence-electron chi connectivity index (χ0n) is 13.5. The van der Waals surface area contributed by atoms with Crippen molar-refractivity contribution in [2.75, 3.05) is 36.8 Å². The van der Waals surface area contributed by atoms with Crippen LogP contribution in [0.2, 0.25) is 0 Å². The Kier molecular flexibility index (Phi) is 3.79. The monoisotopic (exact) mass is 320 g/mol. The largest absolute Gasteiger partial charge is 0.382 e. The van der Waals surface area contributed by atoms with Gasteiger partial charge in [0.2, 0.25) is 5.95 Å². The van der Waals surface area contributed by atoms with E-state index in [1.54, 1.807) is 0 Å². The summed E-state index contributed by atoms with van der Waals surface area (Å²) in [6.45, 7) is 3.78. The predicted molar refractivity (Wildman–Crippen MR) is 92.6 cm³/mol. The average Bonchev–Trinajstić information content (AvgIpc) is 3.06. The van der Waals surface area contributed by atoms with Gasteiger partial charge >= 0.3 is 0 Å². The minimum Gasteiger partial charge on any atom is -0.382 e. The second-order valence-corrected chi connectivity index (χ2v) is 6.43. The van der Waals surface area contributed by atoms with Gasteiger partial charge < -0.3 is 10.6 Å². The standard InChI is InChI=1S/C18H20N6/c19-11-15-12-21-18(22-17(15)20)24-7-5-23(6-8-24)16-9-13-3-1-2-4-14(13)10-16/h1-4,12,16H,5-10H2,(H2,20,21,22). The molecule has 1 aromatic heterocycles. The number of aromatic nitrogens is 2. The molecule has 2 N–H and O–H groups in total. The predicted octanol–water partition coefficient (Wildman–Crippen LogP) is 1.22. The van der Waals surface area contributed by atoms with E-state index in [1.807, 2.05) is 6.07 Å². The third-order valence-electron chi connectivity index (χ3n) is 5.07. The molecule has 2 heterocycles. The van der Waals surface area contributed by atoms with Gasteiger partial charge in [0.15, 0.2) is 0 Å². The van der Waals surface area contributed by atoms with Crippen molar-refractivity contribution in [2.24, 2.45) is 0 Å². The number of benzene rings is 1. The molecule has 6 heteroatoms. The number of piperazine rings is 1. The molecule has 4 rings (SSSR count). The van der Waals surface area contributed by atoms with E-state index in [9.17, 15) is 0 Å². The molecule has 1 saturated heterocycles. The number of hydrogen-bond acceptors (Lipinski definition) is 6. The Hall–Kier alpha value is -2.65. The van der Waals surface area contributed by atoms with Crippen molar-refractivity contribution in [3.05, 3.63) is 47.2 Å². The van der Waals surface area contributed by atoms with E-state index < -0.39 is 0 Å². The maximum atomic E-state index is 8.92. The summed E-state index contributed by atoms with van der Waals surface area (Å²) in [5.74, 6) is 0.886. The Morgan fingerprint density at radius 2 is 1.75 bits per heavy atom. The average molecular weight is 320 g/mol. The van der Waals surface area contributed by atoms with Gasteiger partial charge in [0.05, 0.1) is 6.20 Å². The Labute approximate surface area is 141 Å². The van der Waals surface area contributed by atoms with Crippen molar-refractivity contribution in [3.8, 4) is 6.07 Å². The van der Waals surface area contributed by atoms with Crippen LogP contribution >= 0.6 is 0 Å². The van der Waals surface area contributed by atoms with Gasteiger partial charge in [-0.15, -0.1) is 0 Å². The van der Waals surface area contributed by atoms with Gasteiger partial charge in [0, 0.05) is 32.2 Å². The third-order valence-corrected chi connectivity index (χ3v) is 5.07. The Balaban J connectivity index is 1.39.